The Morgan fingerprint density at radius 1 is 0.840 bits per heavy atom. The number of halogens is 3. The predicted molar refractivity (Wildman–Crippen MR) is 91.7 cm³/mol. The van der Waals surface area contributed by atoms with Crippen LogP contribution in [0.15, 0.2) is 48.5 Å². The highest BCUT2D eigenvalue weighted by Crippen LogP contribution is 2.34. The maximum Gasteiger partial charge on any atom is 0.416 e. The molecule has 1 heterocycles. The summed E-state index contributed by atoms with van der Waals surface area (Å²) in [5, 5.41) is 0. The number of hydrogen-bond donors (Lipinski definition) is 0. The van der Waals surface area contributed by atoms with Crippen LogP contribution in [0.2, 0.25) is 0 Å². The van der Waals surface area contributed by atoms with Crippen molar-refractivity contribution < 1.29 is 17.9 Å². The molecule has 0 saturated carbocycles. The molecule has 0 amide bonds. The van der Waals surface area contributed by atoms with Crippen LogP contribution in [0.1, 0.15) is 42.0 Å². The van der Waals surface area contributed by atoms with Crippen LogP contribution in [-0.4, -0.2) is 25.1 Å². The van der Waals surface area contributed by atoms with Gasteiger partial charge in [0.1, 0.15) is 5.75 Å². The summed E-state index contributed by atoms with van der Waals surface area (Å²) < 4.78 is 43.8. The molecule has 1 atom stereocenters. The molecule has 0 bridgehead atoms. The van der Waals surface area contributed by atoms with Gasteiger partial charge in [0, 0.05) is 0 Å². The Balaban J connectivity index is 1.95. The van der Waals surface area contributed by atoms with Crippen molar-refractivity contribution in [3.63, 3.8) is 0 Å². The lowest BCUT2D eigenvalue weighted by Gasteiger charge is -2.35. The molecule has 0 aliphatic carbocycles. The standard InChI is InChI=1S/C20H22F3NO/c1-25-18-11-7-16(8-12-18)19(24-13-3-2-4-14-24)15-5-9-17(10-6-15)20(21,22)23/h5-12,19H,2-4,13-14H2,1H3. The lowest BCUT2D eigenvalue weighted by Crippen LogP contribution is -2.34. The zero-order chi connectivity index (χ0) is 17.9. The van der Waals surface area contributed by atoms with Crippen LogP contribution in [0, 0.1) is 0 Å². The molecule has 0 spiro atoms. The molecular formula is C20H22F3NO. The number of piperidine rings is 1. The van der Waals surface area contributed by atoms with Gasteiger partial charge in [0.2, 0.25) is 0 Å². The van der Waals surface area contributed by atoms with E-state index in [9.17, 15) is 13.2 Å². The van der Waals surface area contributed by atoms with Gasteiger partial charge in [-0.3, -0.25) is 4.90 Å². The quantitative estimate of drug-likeness (QED) is 0.744. The van der Waals surface area contributed by atoms with Gasteiger partial charge in [0.15, 0.2) is 0 Å². The van der Waals surface area contributed by atoms with Gasteiger partial charge in [-0.2, -0.15) is 13.2 Å². The third-order valence-electron chi connectivity index (χ3n) is 4.74. The Bertz CT molecular complexity index is 674. The van der Waals surface area contributed by atoms with Gasteiger partial charge in [-0.05, 0) is 61.3 Å². The maximum absolute atomic E-state index is 12.9. The van der Waals surface area contributed by atoms with Crippen molar-refractivity contribution in [2.45, 2.75) is 31.5 Å². The van der Waals surface area contributed by atoms with E-state index in [1.807, 2.05) is 24.3 Å². The molecule has 0 radical (unpaired) electrons. The second-order valence-electron chi connectivity index (χ2n) is 6.39. The van der Waals surface area contributed by atoms with Gasteiger partial charge in [-0.25, -0.2) is 0 Å². The summed E-state index contributed by atoms with van der Waals surface area (Å²) in [6.07, 6.45) is -0.862. The minimum absolute atomic E-state index is 0.0338. The van der Waals surface area contributed by atoms with Crippen molar-refractivity contribution in [2.75, 3.05) is 20.2 Å². The summed E-state index contributed by atoms with van der Waals surface area (Å²) in [5.41, 5.74) is 1.35. The second-order valence-corrected chi connectivity index (χ2v) is 6.39. The van der Waals surface area contributed by atoms with Crippen LogP contribution in [0.3, 0.4) is 0 Å². The highest BCUT2D eigenvalue weighted by atomic mass is 19.4. The number of rotatable bonds is 4. The van der Waals surface area contributed by atoms with E-state index in [2.05, 4.69) is 4.90 Å². The van der Waals surface area contributed by atoms with Crippen molar-refractivity contribution in [3.05, 3.63) is 65.2 Å². The first-order valence-electron chi connectivity index (χ1n) is 8.54. The second kappa shape index (κ2) is 7.48. The molecule has 1 saturated heterocycles. The zero-order valence-corrected chi connectivity index (χ0v) is 14.2. The normalized spacial score (nSPS) is 17.3. The molecule has 1 aliphatic rings. The molecule has 5 heteroatoms. The summed E-state index contributed by atoms with van der Waals surface area (Å²) in [7, 11) is 1.62. The third kappa shape index (κ3) is 4.15. The van der Waals surface area contributed by atoms with E-state index in [1.165, 1.54) is 18.6 Å². The van der Waals surface area contributed by atoms with Crippen LogP contribution >= 0.6 is 0 Å². The first-order valence-corrected chi connectivity index (χ1v) is 8.54. The van der Waals surface area contributed by atoms with Gasteiger partial charge in [0.25, 0.3) is 0 Å². The molecule has 1 aliphatic heterocycles. The first kappa shape index (κ1) is 17.8. The number of benzene rings is 2. The maximum atomic E-state index is 12.9. The largest absolute Gasteiger partial charge is 0.497 e. The van der Waals surface area contributed by atoms with Gasteiger partial charge >= 0.3 is 6.18 Å². The van der Waals surface area contributed by atoms with Crippen molar-refractivity contribution in [1.82, 2.24) is 4.90 Å². The van der Waals surface area contributed by atoms with E-state index >= 15 is 0 Å². The molecule has 134 valence electrons. The van der Waals surface area contributed by atoms with Crippen molar-refractivity contribution in [1.29, 1.82) is 0 Å². The number of ether oxygens (including phenoxy) is 1. The van der Waals surface area contributed by atoms with Crippen LogP contribution in [0.5, 0.6) is 5.75 Å². The SMILES string of the molecule is COc1ccc(C(c2ccc(C(F)(F)F)cc2)N2CCCCC2)cc1. The average molecular weight is 349 g/mol. The fraction of sp³-hybridized carbons (Fsp3) is 0.400. The lowest BCUT2D eigenvalue weighted by molar-refractivity contribution is -0.137. The summed E-state index contributed by atoms with van der Waals surface area (Å²) in [6.45, 7) is 1.91. The minimum Gasteiger partial charge on any atom is -0.497 e. The first-order chi connectivity index (χ1) is 12.0. The number of hydrogen-bond acceptors (Lipinski definition) is 2. The van der Waals surface area contributed by atoms with Crippen LogP contribution in [0.4, 0.5) is 13.2 Å². The lowest BCUT2D eigenvalue weighted by atomic mass is 9.94. The predicted octanol–water partition coefficient (Wildman–Crippen LogP) is 5.29. The molecule has 25 heavy (non-hydrogen) atoms. The van der Waals surface area contributed by atoms with Crippen LogP contribution in [-0.2, 0) is 6.18 Å². The van der Waals surface area contributed by atoms with Crippen LogP contribution in [0.25, 0.3) is 0 Å². The monoisotopic (exact) mass is 349 g/mol. The van der Waals surface area contributed by atoms with E-state index in [4.69, 9.17) is 4.74 Å². The summed E-state index contributed by atoms with van der Waals surface area (Å²) in [6, 6.07) is 13.3. The Labute approximate surface area is 146 Å². The minimum atomic E-state index is -4.31. The van der Waals surface area contributed by atoms with Crippen LogP contribution < -0.4 is 4.74 Å². The average Bonchev–Trinajstić information content (AvgIpc) is 2.63. The van der Waals surface area contributed by atoms with E-state index in [0.717, 1.165) is 42.8 Å². The molecule has 1 unspecified atom stereocenters. The Kier molecular flexibility index (Phi) is 5.33. The van der Waals surface area contributed by atoms with Gasteiger partial charge in [-0.15, -0.1) is 0 Å². The van der Waals surface area contributed by atoms with E-state index < -0.39 is 11.7 Å². The number of likely N-dealkylation sites (tertiary alicyclic amines) is 1. The Morgan fingerprint density at radius 2 is 1.36 bits per heavy atom. The smallest absolute Gasteiger partial charge is 0.416 e. The molecule has 3 rings (SSSR count). The molecule has 0 aromatic heterocycles. The fourth-order valence-corrected chi connectivity index (χ4v) is 3.43. The fourth-order valence-electron chi connectivity index (χ4n) is 3.43. The highest BCUT2D eigenvalue weighted by molar-refractivity contribution is 5.37. The Morgan fingerprint density at radius 3 is 1.84 bits per heavy atom. The van der Waals surface area contributed by atoms with E-state index in [0.29, 0.717) is 0 Å². The van der Waals surface area contributed by atoms with Crippen molar-refractivity contribution >= 4 is 0 Å². The van der Waals surface area contributed by atoms with Gasteiger partial charge in [0.05, 0.1) is 18.7 Å². The molecular weight excluding hydrogens is 327 g/mol. The Hall–Kier alpha value is -2.01. The highest BCUT2D eigenvalue weighted by Gasteiger charge is 2.31. The third-order valence-corrected chi connectivity index (χ3v) is 4.74. The molecule has 2 aromatic carbocycles. The van der Waals surface area contributed by atoms with Gasteiger partial charge < -0.3 is 4.74 Å². The molecule has 0 N–H and O–H groups in total. The van der Waals surface area contributed by atoms with Crippen molar-refractivity contribution in [3.8, 4) is 5.75 Å². The van der Waals surface area contributed by atoms with Gasteiger partial charge in [-0.1, -0.05) is 30.7 Å². The molecule has 2 aromatic rings. The number of methoxy groups -OCH3 is 1. The van der Waals surface area contributed by atoms with E-state index in [-0.39, 0.29) is 6.04 Å². The number of nitrogens with zero attached hydrogens (tertiary/aromatic N) is 1. The molecule has 2 nitrogen and oxygen atoms in total. The summed E-state index contributed by atoms with van der Waals surface area (Å²) in [5.74, 6) is 0.772. The van der Waals surface area contributed by atoms with E-state index in [1.54, 1.807) is 19.2 Å². The topological polar surface area (TPSA) is 12.5 Å². The number of alkyl halides is 3. The summed E-state index contributed by atoms with van der Waals surface area (Å²) in [4.78, 5) is 2.36. The zero-order valence-electron chi connectivity index (χ0n) is 14.2. The van der Waals surface area contributed by atoms with Crippen molar-refractivity contribution in [2.24, 2.45) is 0 Å². The molecule has 1 fully saturated rings. The summed E-state index contributed by atoms with van der Waals surface area (Å²) >= 11 is 0.